The molecule has 246 valence electrons. The zero-order valence-electron chi connectivity index (χ0n) is 26.7. The zero-order valence-corrected chi connectivity index (χ0v) is 28.3. The molecule has 1 unspecified atom stereocenters. The average Bonchev–Trinajstić information content (AvgIpc) is 3.76. The van der Waals surface area contributed by atoms with Crippen LogP contribution in [0.4, 0.5) is 11.4 Å². The van der Waals surface area contributed by atoms with Crippen molar-refractivity contribution >= 4 is 52.1 Å². The van der Waals surface area contributed by atoms with E-state index in [1.165, 1.54) is 20.4 Å². The monoisotopic (exact) mass is 686 g/mol. The van der Waals surface area contributed by atoms with Crippen LogP contribution in [0.5, 0.6) is 23.0 Å². The standard InChI is InChI=1S/C34H31ClN6O6S/c1-20-6-13-31(46-26-10-8-25(45-5)9-11-26)32(14-20)47-48(43)39-23-7-12-28(35)27(15-23)29-16-30-33(22(3)42)21(2)34(41(30)38-29)40-18-24(17-37-40)36-19-44-4/h6-15,17-19,39H,16H2,1-5H3. The summed E-state index contributed by atoms with van der Waals surface area (Å²) in [7, 11) is 3.10. The summed E-state index contributed by atoms with van der Waals surface area (Å²) in [6, 6.07) is 17.6. The Labute approximate surface area is 284 Å². The number of ether oxygens (including phenoxy) is 3. The summed E-state index contributed by atoms with van der Waals surface area (Å²) in [6.45, 7) is 5.28. The van der Waals surface area contributed by atoms with E-state index in [1.54, 1.807) is 83.5 Å². The molecule has 12 nitrogen and oxygen atoms in total. The molecule has 0 aliphatic carbocycles. The lowest BCUT2D eigenvalue weighted by molar-refractivity contribution is 0.101. The van der Waals surface area contributed by atoms with E-state index in [2.05, 4.69) is 14.8 Å². The van der Waals surface area contributed by atoms with Gasteiger partial charge in [-0.3, -0.25) is 9.52 Å². The first-order valence-corrected chi connectivity index (χ1v) is 16.1. The van der Waals surface area contributed by atoms with Gasteiger partial charge in [-0.25, -0.2) is 14.4 Å². The lowest BCUT2D eigenvalue weighted by Crippen LogP contribution is -2.12. The van der Waals surface area contributed by atoms with Crippen LogP contribution in [-0.4, -0.2) is 50.8 Å². The Morgan fingerprint density at radius 1 is 1.04 bits per heavy atom. The average molecular weight is 687 g/mol. The van der Waals surface area contributed by atoms with Crippen molar-refractivity contribution in [2.75, 3.05) is 18.9 Å². The number of carbonyl (C=O) groups excluding carboxylic acids is 1. The first kappa shape index (κ1) is 32.5. The highest BCUT2D eigenvalue weighted by Gasteiger charge is 2.30. The van der Waals surface area contributed by atoms with Gasteiger partial charge in [0.2, 0.25) is 0 Å². The zero-order chi connectivity index (χ0) is 33.9. The largest absolute Gasteiger partial charge is 0.497 e. The molecule has 0 amide bonds. The van der Waals surface area contributed by atoms with E-state index in [0.29, 0.717) is 74.2 Å². The second-order valence-corrected chi connectivity index (χ2v) is 12.1. The fraction of sp³-hybridized carbons (Fsp3) is 0.176. The predicted octanol–water partition coefficient (Wildman–Crippen LogP) is 7.13. The minimum absolute atomic E-state index is 0.0933. The maximum Gasteiger partial charge on any atom is 0.316 e. The molecule has 0 saturated heterocycles. The SMILES string of the molecule is COC=Nc1cnn(-c2c(C)c(C(C)=O)c3n2N=C(c2cc(NS(=O)Oc4cc(C)ccc4Oc4ccc(OC)cc4)ccc2Cl)C3)c1. The van der Waals surface area contributed by atoms with E-state index < -0.39 is 11.3 Å². The number of benzene rings is 3. The molecule has 1 atom stereocenters. The van der Waals surface area contributed by atoms with E-state index in [1.807, 2.05) is 19.9 Å². The lowest BCUT2D eigenvalue weighted by Gasteiger charge is -2.14. The fourth-order valence-corrected chi connectivity index (χ4v) is 6.23. The molecule has 0 spiro atoms. The molecule has 5 aromatic rings. The van der Waals surface area contributed by atoms with Crippen LogP contribution in [0.3, 0.4) is 0 Å². The summed E-state index contributed by atoms with van der Waals surface area (Å²) in [5.41, 5.74) is 5.19. The number of aliphatic imine (C=N–C) groups is 1. The molecule has 6 rings (SSSR count). The summed E-state index contributed by atoms with van der Waals surface area (Å²) in [6.07, 6.45) is 4.95. The summed E-state index contributed by atoms with van der Waals surface area (Å²) >= 11 is 4.66. The van der Waals surface area contributed by atoms with Crippen molar-refractivity contribution in [3.8, 4) is 28.8 Å². The summed E-state index contributed by atoms with van der Waals surface area (Å²) in [5.74, 6) is 2.45. The Morgan fingerprint density at radius 2 is 1.81 bits per heavy atom. The molecular weight excluding hydrogens is 656 g/mol. The summed E-state index contributed by atoms with van der Waals surface area (Å²) < 4.78 is 41.4. The molecule has 3 heterocycles. The number of Topliss-reactive ketones (excluding diaryl/α,β-unsaturated/α-hetero) is 1. The van der Waals surface area contributed by atoms with Crippen molar-refractivity contribution in [1.29, 1.82) is 0 Å². The van der Waals surface area contributed by atoms with Gasteiger partial charge in [-0.2, -0.15) is 14.4 Å². The Balaban J connectivity index is 1.25. The lowest BCUT2D eigenvalue weighted by atomic mass is 10.0. The number of aromatic nitrogens is 3. The number of nitrogens with zero attached hydrogens (tertiary/aromatic N) is 5. The van der Waals surface area contributed by atoms with Crippen LogP contribution in [0.2, 0.25) is 5.02 Å². The number of halogens is 1. The Morgan fingerprint density at radius 3 is 2.54 bits per heavy atom. The molecule has 0 bridgehead atoms. The van der Waals surface area contributed by atoms with Gasteiger partial charge >= 0.3 is 11.3 Å². The number of carbonyl (C=O) groups is 1. The number of aryl methyl sites for hydroxylation is 1. The van der Waals surface area contributed by atoms with Gasteiger partial charge < -0.3 is 18.4 Å². The fourth-order valence-electron chi connectivity index (χ4n) is 5.35. The molecule has 48 heavy (non-hydrogen) atoms. The van der Waals surface area contributed by atoms with Crippen LogP contribution in [-0.2, 0) is 22.4 Å². The van der Waals surface area contributed by atoms with Crippen molar-refractivity contribution < 1.29 is 27.4 Å². The normalized spacial score (nSPS) is 12.8. The van der Waals surface area contributed by atoms with Crippen LogP contribution >= 0.6 is 11.6 Å². The predicted molar refractivity (Wildman–Crippen MR) is 185 cm³/mol. The highest BCUT2D eigenvalue weighted by atomic mass is 35.5. The van der Waals surface area contributed by atoms with Gasteiger partial charge in [-0.05, 0) is 80.9 Å². The minimum atomic E-state index is -2.01. The van der Waals surface area contributed by atoms with Crippen LogP contribution in [0.25, 0.3) is 5.82 Å². The van der Waals surface area contributed by atoms with E-state index in [0.717, 1.165) is 11.1 Å². The van der Waals surface area contributed by atoms with Crippen molar-refractivity contribution in [1.82, 2.24) is 14.5 Å². The topological polar surface area (TPSA) is 131 Å². The molecule has 1 aliphatic heterocycles. The first-order chi connectivity index (χ1) is 23.1. The highest BCUT2D eigenvalue weighted by Crippen LogP contribution is 2.36. The molecule has 1 N–H and O–H groups in total. The molecular formula is C34H31ClN6O6S. The smallest absolute Gasteiger partial charge is 0.316 e. The number of hydrogen-bond acceptors (Lipinski definition) is 9. The van der Waals surface area contributed by atoms with Crippen LogP contribution in [0.1, 0.15) is 39.7 Å². The Hall–Kier alpha value is -5.40. The van der Waals surface area contributed by atoms with Gasteiger partial charge in [0.1, 0.15) is 17.2 Å². The van der Waals surface area contributed by atoms with Crippen molar-refractivity contribution in [2.24, 2.45) is 10.1 Å². The van der Waals surface area contributed by atoms with E-state index in [-0.39, 0.29) is 5.78 Å². The number of rotatable bonds is 12. The van der Waals surface area contributed by atoms with Gasteiger partial charge in [0.15, 0.2) is 29.5 Å². The van der Waals surface area contributed by atoms with Gasteiger partial charge in [0.05, 0.1) is 43.7 Å². The van der Waals surface area contributed by atoms with Crippen molar-refractivity contribution in [2.45, 2.75) is 27.2 Å². The number of hydrogen-bond donors (Lipinski definition) is 1. The summed E-state index contributed by atoms with van der Waals surface area (Å²) in [5, 5.41) is 9.74. The third-order valence-corrected chi connectivity index (χ3v) is 8.55. The van der Waals surface area contributed by atoms with E-state index >= 15 is 0 Å². The second kappa shape index (κ2) is 13.8. The molecule has 0 saturated carbocycles. The molecule has 0 radical (unpaired) electrons. The van der Waals surface area contributed by atoms with Gasteiger partial charge in [-0.1, -0.05) is 17.7 Å². The third-order valence-electron chi connectivity index (χ3n) is 7.49. The quantitative estimate of drug-likeness (QED) is 0.0839. The van der Waals surface area contributed by atoms with Crippen LogP contribution in [0, 0.1) is 13.8 Å². The molecule has 0 fully saturated rings. The summed E-state index contributed by atoms with van der Waals surface area (Å²) in [4.78, 5) is 17.0. The Bertz CT molecular complexity index is 2100. The molecule has 14 heteroatoms. The third kappa shape index (κ3) is 6.68. The Kier molecular flexibility index (Phi) is 9.33. The van der Waals surface area contributed by atoms with Crippen molar-refractivity contribution in [3.05, 3.63) is 106 Å². The molecule has 3 aromatic carbocycles. The van der Waals surface area contributed by atoms with Crippen LogP contribution in [0.15, 0.2) is 83.2 Å². The van der Waals surface area contributed by atoms with Gasteiger partial charge in [0.25, 0.3) is 0 Å². The maximum absolute atomic E-state index is 13.2. The second-order valence-electron chi connectivity index (χ2n) is 10.8. The number of ketones is 1. The molecule has 1 aliphatic rings. The number of methoxy groups -OCH3 is 2. The number of nitrogens with one attached hydrogen (secondary N) is 1. The minimum Gasteiger partial charge on any atom is -0.497 e. The highest BCUT2D eigenvalue weighted by molar-refractivity contribution is 7.82. The first-order valence-electron chi connectivity index (χ1n) is 14.7. The van der Waals surface area contributed by atoms with Gasteiger partial charge in [-0.15, -0.1) is 0 Å². The van der Waals surface area contributed by atoms with Gasteiger partial charge in [0, 0.05) is 28.1 Å². The maximum atomic E-state index is 13.2. The van der Waals surface area contributed by atoms with Crippen LogP contribution < -0.4 is 18.4 Å². The molecule has 2 aromatic heterocycles. The number of anilines is 1. The van der Waals surface area contributed by atoms with Crippen molar-refractivity contribution in [3.63, 3.8) is 0 Å². The van der Waals surface area contributed by atoms with E-state index in [4.69, 9.17) is 35.1 Å². The number of fused-ring (bicyclic) bond motifs is 1. The van der Waals surface area contributed by atoms with E-state index in [9.17, 15) is 9.00 Å².